The van der Waals surface area contributed by atoms with Crippen molar-refractivity contribution in [2.24, 2.45) is 11.8 Å². The van der Waals surface area contributed by atoms with E-state index in [1.54, 1.807) is 12.1 Å². The van der Waals surface area contributed by atoms with Gasteiger partial charge in [-0.2, -0.15) is 0 Å². The van der Waals surface area contributed by atoms with Crippen LogP contribution in [0, 0.1) is 15.4 Å². The van der Waals surface area contributed by atoms with Crippen LogP contribution < -0.4 is 24.3 Å². The van der Waals surface area contributed by atoms with Gasteiger partial charge in [0, 0.05) is 21.1 Å². The van der Waals surface area contributed by atoms with E-state index in [0.29, 0.717) is 18.1 Å². The molecule has 186 valence electrons. The Labute approximate surface area is 221 Å². The Hall–Kier alpha value is -3.34. The molecule has 1 fully saturated rings. The highest BCUT2D eigenvalue weighted by molar-refractivity contribution is 14.1. The Kier molecular flexibility index (Phi) is 5.74. The molecule has 4 atom stereocenters. The monoisotopic (exact) mass is 601 g/mol. The highest BCUT2D eigenvalue weighted by Crippen LogP contribution is 2.56. The van der Waals surface area contributed by atoms with Gasteiger partial charge in [-0.3, -0.25) is 4.79 Å². The molecular weight excluding hydrogens is 577 g/mol. The average molecular weight is 601 g/mol. The molecule has 2 heterocycles. The molecule has 3 aromatic rings. The molecule has 9 heteroatoms. The molecule has 36 heavy (non-hydrogen) atoms. The van der Waals surface area contributed by atoms with Crippen LogP contribution in [0.5, 0.6) is 28.7 Å². The maximum atomic E-state index is 13.2. The van der Waals surface area contributed by atoms with Crippen LogP contribution in [0.4, 0.5) is 5.69 Å². The molecule has 0 saturated carbocycles. The molecule has 6 rings (SSSR count). The number of cyclic esters (lactones) is 1. The second kappa shape index (κ2) is 8.95. The second-order valence-corrected chi connectivity index (χ2v) is 10.3. The van der Waals surface area contributed by atoms with Crippen LogP contribution in [0.15, 0.2) is 48.5 Å². The molecule has 0 radical (unpaired) electrons. The van der Waals surface area contributed by atoms with Crippen molar-refractivity contribution in [3.63, 3.8) is 0 Å². The zero-order valence-electron chi connectivity index (χ0n) is 19.6. The zero-order chi connectivity index (χ0) is 25.0. The van der Waals surface area contributed by atoms with Crippen LogP contribution in [0.3, 0.4) is 0 Å². The third-order valence-electron chi connectivity index (χ3n) is 7.21. The molecule has 2 N–H and O–H groups in total. The van der Waals surface area contributed by atoms with Gasteiger partial charge in [0.15, 0.2) is 23.0 Å². The molecule has 3 aliphatic rings. The highest BCUT2D eigenvalue weighted by Gasteiger charge is 2.52. The number of carbonyl (C=O) groups excluding carboxylic acids is 1. The number of benzene rings is 3. The second-order valence-electron chi connectivity index (χ2n) is 9.03. The first-order valence-corrected chi connectivity index (χ1v) is 12.6. The van der Waals surface area contributed by atoms with E-state index < -0.39 is 5.92 Å². The lowest BCUT2D eigenvalue weighted by Gasteiger charge is -2.40. The molecule has 3 aromatic carbocycles. The highest BCUT2D eigenvalue weighted by atomic mass is 127. The lowest BCUT2D eigenvalue weighted by atomic mass is 9.65. The van der Waals surface area contributed by atoms with E-state index in [2.05, 4.69) is 27.9 Å². The molecule has 0 bridgehead atoms. The van der Waals surface area contributed by atoms with Gasteiger partial charge in [0.1, 0.15) is 0 Å². The van der Waals surface area contributed by atoms with Crippen molar-refractivity contribution in [1.82, 2.24) is 0 Å². The third kappa shape index (κ3) is 3.68. The van der Waals surface area contributed by atoms with Gasteiger partial charge in [0.2, 0.25) is 12.5 Å². The maximum absolute atomic E-state index is 13.2. The summed E-state index contributed by atoms with van der Waals surface area (Å²) in [4.78, 5) is 13.2. The van der Waals surface area contributed by atoms with Crippen LogP contribution in [0.1, 0.15) is 28.7 Å². The van der Waals surface area contributed by atoms with Gasteiger partial charge in [-0.25, -0.2) is 0 Å². The van der Waals surface area contributed by atoms with Crippen molar-refractivity contribution < 1.29 is 33.6 Å². The summed E-state index contributed by atoms with van der Waals surface area (Å²) >= 11 is 2.28. The van der Waals surface area contributed by atoms with Crippen LogP contribution in [0.25, 0.3) is 0 Å². The molecule has 1 aliphatic carbocycles. The van der Waals surface area contributed by atoms with Gasteiger partial charge in [0.25, 0.3) is 0 Å². The van der Waals surface area contributed by atoms with Crippen LogP contribution in [0.2, 0.25) is 0 Å². The van der Waals surface area contributed by atoms with Crippen molar-refractivity contribution in [2.75, 3.05) is 32.9 Å². The topological polar surface area (TPSA) is 95.5 Å². The largest absolute Gasteiger partial charge is 0.502 e. The minimum atomic E-state index is -0.460. The number of anilines is 1. The quantitative estimate of drug-likeness (QED) is 0.318. The fraction of sp³-hybridized carbons (Fsp3) is 0.296. The molecule has 0 aromatic heterocycles. The number of nitrogens with one attached hydrogen (secondary N) is 1. The van der Waals surface area contributed by atoms with Gasteiger partial charge in [-0.05, 0) is 87.8 Å². The van der Waals surface area contributed by atoms with E-state index >= 15 is 0 Å². The minimum Gasteiger partial charge on any atom is -0.502 e. The molecular formula is C27H24INO7. The number of fused-ring (bicyclic) bond motifs is 3. The third-order valence-corrected chi connectivity index (χ3v) is 7.93. The standard InChI is InChI=1S/C27H24INO7/c1-32-21-7-13(8-22(33-2)26(21)30)23-16-9-19-20(36-12-35-19)10-17(16)25(18-11-34-27(31)24(18)23)29-15-5-3-14(28)4-6-15/h3-10,18,23-25,29-30H,11-12H2,1-2H3/t18-,23+,24-,25+/m0/s1. The van der Waals surface area contributed by atoms with Gasteiger partial charge in [-0.1, -0.05) is 0 Å². The minimum absolute atomic E-state index is 0.0886. The molecule has 1 saturated heterocycles. The van der Waals surface area contributed by atoms with Crippen molar-refractivity contribution in [3.8, 4) is 28.7 Å². The van der Waals surface area contributed by atoms with Crippen LogP contribution in [-0.4, -0.2) is 38.7 Å². The Morgan fingerprint density at radius 1 is 0.944 bits per heavy atom. The van der Waals surface area contributed by atoms with Gasteiger partial charge in [-0.15, -0.1) is 0 Å². The predicted molar refractivity (Wildman–Crippen MR) is 139 cm³/mol. The number of halogens is 1. The number of aromatic hydroxyl groups is 1. The Balaban J connectivity index is 1.55. The summed E-state index contributed by atoms with van der Waals surface area (Å²) in [5.74, 6) is 0.539. The number of hydrogen-bond donors (Lipinski definition) is 2. The molecule has 0 spiro atoms. The Morgan fingerprint density at radius 3 is 2.22 bits per heavy atom. The van der Waals surface area contributed by atoms with Crippen molar-refractivity contribution >= 4 is 34.2 Å². The van der Waals surface area contributed by atoms with Crippen LogP contribution >= 0.6 is 22.6 Å². The summed E-state index contributed by atoms with van der Waals surface area (Å²) < 4.78 is 29.1. The van der Waals surface area contributed by atoms with E-state index in [0.717, 1.165) is 25.9 Å². The number of carbonyl (C=O) groups is 1. The number of phenols is 1. The summed E-state index contributed by atoms with van der Waals surface area (Å²) in [7, 11) is 2.97. The molecule has 2 aliphatic heterocycles. The molecule has 0 amide bonds. The predicted octanol–water partition coefficient (Wildman–Crippen LogP) is 4.83. The first-order valence-electron chi connectivity index (χ1n) is 11.6. The number of hydrogen-bond acceptors (Lipinski definition) is 8. The zero-order valence-corrected chi connectivity index (χ0v) is 21.8. The van der Waals surface area contributed by atoms with E-state index in [4.69, 9.17) is 23.7 Å². The summed E-state index contributed by atoms with van der Waals surface area (Å²) in [6.45, 7) is 0.441. The van der Waals surface area contributed by atoms with E-state index in [9.17, 15) is 9.90 Å². The molecule has 0 unspecified atom stereocenters. The molecule has 8 nitrogen and oxygen atoms in total. The number of rotatable bonds is 5. The summed E-state index contributed by atoms with van der Waals surface area (Å²) in [5, 5.41) is 14.2. The van der Waals surface area contributed by atoms with E-state index in [-0.39, 0.29) is 47.9 Å². The number of phenolic OH excluding ortho intramolecular Hbond substituents is 1. The van der Waals surface area contributed by atoms with Crippen molar-refractivity contribution in [3.05, 3.63) is 68.8 Å². The fourth-order valence-corrected chi connectivity index (χ4v) is 5.93. The maximum Gasteiger partial charge on any atom is 0.310 e. The Morgan fingerprint density at radius 2 is 1.58 bits per heavy atom. The summed E-state index contributed by atoms with van der Waals surface area (Å²) in [6, 6.07) is 15.4. The fourth-order valence-electron chi connectivity index (χ4n) is 5.57. The SMILES string of the molecule is COc1cc([C@@H]2c3cc4c(cc3[C@@H](Nc3ccc(I)cc3)[C@H]3COC(=O)[C@H]23)OCO4)cc(OC)c1O. The van der Waals surface area contributed by atoms with E-state index in [1.165, 1.54) is 14.2 Å². The summed E-state index contributed by atoms with van der Waals surface area (Å²) in [6.07, 6.45) is 0. The number of esters is 1. The normalized spacial score (nSPS) is 23.5. The van der Waals surface area contributed by atoms with Crippen LogP contribution in [-0.2, 0) is 9.53 Å². The number of methoxy groups -OCH3 is 2. The lowest BCUT2D eigenvalue weighted by Crippen LogP contribution is -2.37. The smallest absolute Gasteiger partial charge is 0.310 e. The average Bonchev–Trinajstić information content (AvgIpc) is 3.51. The first kappa shape index (κ1) is 23.1. The Bertz CT molecular complexity index is 1320. The van der Waals surface area contributed by atoms with Gasteiger partial charge < -0.3 is 34.1 Å². The van der Waals surface area contributed by atoms with Crippen molar-refractivity contribution in [2.45, 2.75) is 12.0 Å². The lowest BCUT2D eigenvalue weighted by molar-refractivity contribution is -0.141. The number of ether oxygens (including phenoxy) is 5. The van der Waals surface area contributed by atoms with Gasteiger partial charge in [0.05, 0.1) is 32.8 Å². The van der Waals surface area contributed by atoms with E-state index in [1.807, 2.05) is 36.4 Å². The van der Waals surface area contributed by atoms with Crippen molar-refractivity contribution in [1.29, 1.82) is 0 Å². The summed E-state index contributed by atoms with van der Waals surface area (Å²) in [5.41, 5.74) is 3.67. The van der Waals surface area contributed by atoms with Gasteiger partial charge >= 0.3 is 5.97 Å². The first-order chi connectivity index (χ1) is 17.5.